The highest BCUT2D eigenvalue weighted by molar-refractivity contribution is 7.09. The Kier molecular flexibility index (Phi) is 4.04. The van der Waals surface area contributed by atoms with Crippen molar-refractivity contribution in [3.63, 3.8) is 0 Å². The fourth-order valence-corrected chi connectivity index (χ4v) is 3.36. The topological polar surface area (TPSA) is 70.5 Å². The molecule has 1 aliphatic heterocycles. The molecule has 0 saturated carbocycles. The number of carboxylic acids is 1. The number of carbonyl (C=O) groups is 2. The number of nitrogens with zero attached hydrogens (tertiary/aromatic N) is 2. The zero-order valence-electron chi connectivity index (χ0n) is 12.1. The zero-order chi connectivity index (χ0) is 17.5. The van der Waals surface area contributed by atoms with Crippen LogP contribution in [-0.4, -0.2) is 33.4 Å². The summed E-state index contributed by atoms with van der Waals surface area (Å²) in [6.45, 7) is 0.103. The molecular formula is C15H11F3N2O3S. The average molecular weight is 356 g/mol. The van der Waals surface area contributed by atoms with Gasteiger partial charge in [-0.05, 0) is 17.5 Å². The number of aromatic nitrogens is 1. The SMILES string of the molecule is O=C(O)C1c2ccccc2CCN1C(=O)c1csc(C(F)(F)F)n1. The predicted octanol–water partition coefficient (Wildman–Crippen LogP) is 2.99. The first-order chi connectivity index (χ1) is 11.3. The fourth-order valence-electron chi connectivity index (χ4n) is 2.70. The van der Waals surface area contributed by atoms with Crippen molar-refractivity contribution >= 4 is 23.2 Å². The van der Waals surface area contributed by atoms with Crippen LogP contribution in [0.4, 0.5) is 13.2 Å². The minimum atomic E-state index is -4.64. The third-order valence-corrected chi connectivity index (χ3v) is 4.63. The van der Waals surface area contributed by atoms with E-state index in [1.807, 2.05) is 0 Å². The first-order valence-corrected chi connectivity index (χ1v) is 7.81. The smallest absolute Gasteiger partial charge is 0.443 e. The summed E-state index contributed by atoms with van der Waals surface area (Å²) >= 11 is 0.313. The zero-order valence-corrected chi connectivity index (χ0v) is 12.9. The van der Waals surface area contributed by atoms with E-state index in [0.717, 1.165) is 15.8 Å². The van der Waals surface area contributed by atoms with E-state index in [4.69, 9.17) is 0 Å². The van der Waals surface area contributed by atoms with E-state index < -0.39 is 34.8 Å². The predicted molar refractivity (Wildman–Crippen MR) is 78.7 cm³/mol. The Labute approximate surface area is 138 Å². The summed E-state index contributed by atoms with van der Waals surface area (Å²) in [5, 5.41) is 9.37. The van der Waals surface area contributed by atoms with Crippen LogP contribution in [0.15, 0.2) is 29.6 Å². The van der Waals surface area contributed by atoms with Gasteiger partial charge in [-0.25, -0.2) is 9.78 Å². The van der Waals surface area contributed by atoms with Gasteiger partial charge in [-0.2, -0.15) is 13.2 Å². The lowest BCUT2D eigenvalue weighted by Gasteiger charge is -2.34. The van der Waals surface area contributed by atoms with Gasteiger partial charge < -0.3 is 10.0 Å². The summed E-state index contributed by atoms with van der Waals surface area (Å²) in [5.74, 6) is -2.05. The highest BCUT2D eigenvalue weighted by Gasteiger charge is 2.39. The van der Waals surface area contributed by atoms with E-state index >= 15 is 0 Å². The van der Waals surface area contributed by atoms with E-state index in [9.17, 15) is 27.9 Å². The summed E-state index contributed by atoms with van der Waals surface area (Å²) in [7, 11) is 0. The molecule has 5 nitrogen and oxygen atoms in total. The molecular weight excluding hydrogens is 345 g/mol. The molecule has 1 unspecified atom stereocenters. The molecule has 0 saturated heterocycles. The Morgan fingerprint density at radius 1 is 1.29 bits per heavy atom. The maximum absolute atomic E-state index is 12.6. The Hall–Kier alpha value is -2.42. The molecule has 1 aliphatic rings. The number of thiazole rings is 1. The molecule has 2 aromatic rings. The number of aliphatic carboxylic acids is 1. The van der Waals surface area contributed by atoms with Crippen molar-refractivity contribution in [1.82, 2.24) is 9.88 Å². The molecule has 1 atom stereocenters. The fraction of sp³-hybridized carbons (Fsp3) is 0.267. The van der Waals surface area contributed by atoms with Crippen LogP contribution in [0.1, 0.15) is 32.7 Å². The lowest BCUT2D eigenvalue weighted by atomic mass is 9.92. The maximum Gasteiger partial charge on any atom is 0.443 e. The quantitative estimate of drug-likeness (QED) is 0.898. The maximum atomic E-state index is 12.6. The van der Waals surface area contributed by atoms with E-state index in [1.165, 1.54) is 0 Å². The van der Waals surface area contributed by atoms with Crippen molar-refractivity contribution in [2.75, 3.05) is 6.54 Å². The number of hydrogen-bond donors (Lipinski definition) is 1. The second-order valence-corrected chi connectivity index (χ2v) is 6.08. The number of rotatable bonds is 2. The molecule has 2 heterocycles. The minimum absolute atomic E-state index is 0.103. The molecule has 0 aliphatic carbocycles. The number of carbonyl (C=O) groups excluding carboxylic acids is 1. The molecule has 3 rings (SSSR count). The Balaban J connectivity index is 1.95. The van der Waals surface area contributed by atoms with Crippen LogP contribution >= 0.6 is 11.3 Å². The highest BCUT2D eigenvalue weighted by Crippen LogP contribution is 2.34. The number of carboxylic acid groups (broad SMARTS) is 1. The monoisotopic (exact) mass is 356 g/mol. The van der Waals surface area contributed by atoms with Gasteiger partial charge in [0.1, 0.15) is 5.69 Å². The molecule has 0 bridgehead atoms. The molecule has 1 amide bonds. The number of amides is 1. The highest BCUT2D eigenvalue weighted by atomic mass is 32.1. The van der Waals surface area contributed by atoms with Gasteiger partial charge in [0.2, 0.25) is 0 Å². The van der Waals surface area contributed by atoms with E-state index in [1.54, 1.807) is 24.3 Å². The number of hydrogen-bond acceptors (Lipinski definition) is 4. The Morgan fingerprint density at radius 2 is 2.00 bits per heavy atom. The van der Waals surface area contributed by atoms with Crippen LogP contribution < -0.4 is 0 Å². The Morgan fingerprint density at radius 3 is 2.62 bits per heavy atom. The molecule has 0 fully saturated rings. The molecule has 0 radical (unpaired) electrons. The molecule has 1 N–H and O–H groups in total. The van der Waals surface area contributed by atoms with Crippen molar-refractivity contribution < 1.29 is 27.9 Å². The van der Waals surface area contributed by atoms with E-state index in [2.05, 4.69) is 4.98 Å². The van der Waals surface area contributed by atoms with Crippen molar-refractivity contribution in [3.05, 3.63) is 51.5 Å². The Bertz CT molecular complexity index is 803. The third kappa shape index (κ3) is 2.86. The van der Waals surface area contributed by atoms with Crippen LogP contribution in [0.25, 0.3) is 0 Å². The summed E-state index contributed by atoms with van der Waals surface area (Å²) in [6.07, 6.45) is -4.20. The van der Waals surface area contributed by atoms with Crippen LogP contribution in [0.5, 0.6) is 0 Å². The second kappa shape index (κ2) is 5.90. The van der Waals surface area contributed by atoms with Gasteiger partial charge in [-0.1, -0.05) is 24.3 Å². The molecule has 9 heteroatoms. The molecule has 1 aromatic heterocycles. The molecule has 126 valence electrons. The van der Waals surface area contributed by atoms with Crippen molar-refractivity contribution in [2.45, 2.75) is 18.6 Å². The van der Waals surface area contributed by atoms with Gasteiger partial charge in [-0.3, -0.25) is 4.79 Å². The van der Waals surface area contributed by atoms with Gasteiger partial charge in [0.05, 0.1) is 0 Å². The van der Waals surface area contributed by atoms with E-state index in [0.29, 0.717) is 23.3 Å². The normalized spacial score (nSPS) is 17.5. The number of fused-ring (bicyclic) bond motifs is 1. The van der Waals surface area contributed by atoms with Crippen LogP contribution in [0.2, 0.25) is 0 Å². The number of benzene rings is 1. The van der Waals surface area contributed by atoms with Gasteiger partial charge in [0.25, 0.3) is 5.91 Å². The van der Waals surface area contributed by atoms with Crippen LogP contribution in [-0.2, 0) is 17.4 Å². The van der Waals surface area contributed by atoms with Crippen molar-refractivity contribution in [3.8, 4) is 0 Å². The molecule has 24 heavy (non-hydrogen) atoms. The van der Waals surface area contributed by atoms with Crippen molar-refractivity contribution in [1.29, 1.82) is 0 Å². The standard InChI is InChI=1S/C15H11F3N2O3S/c16-15(17,18)14-19-10(7-24-14)12(21)20-6-5-8-3-1-2-4-9(8)11(20)13(22)23/h1-4,7,11H,5-6H2,(H,22,23). The summed E-state index contributed by atoms with van der Waals surface area (Å²) in [4.78, 5) is 28.5. The summed E-state index contributed by atoms with van der Waals surface area (Å²) in [6, 6.07) is 5.57. The number of alkyl halides is 3. The lowest BCUT2D eigenvalue weighted by molar-refractivity contribution is -0.143. The first-order valence-electron chi connectivity index (χ1n) is 6.93. The average Bonchev–Trinajstić information content (AvgIpc) is 3.03. The van der Waals surface area contributed by atoms with E-state index in [-0.39, 0.29) is 6.54 Å². The van der Waals surface area contributed by atoms with Gasteiger partial charge in [0, 0.05) is 11.9 Å². The van der Waals surface area contributed by atoms with Crippen LogP contribution in [0, 0.1) is 0 Å². The third-order valence-electron chi connectivity index (χ3n) is 3.74. The molecule has 0 spiro atoms. The van der Waals surface area contributed by atoms with Gasteiger partial charge in [0.15, 0.2) is 11.0 Å². The minimum Gasteiger partial charge on any atom is -0.479 e. The first kappa shape index (κ1) is 16.4. The van der Waals surface area contributed by atoms with Gasteiger partial charge in [-0.15, -0.1) is 11.3 Å². The summed E-state index contributed by atoms with van der Waals surface area (Å²) < 4.78 is 37.9. The lowest BCUT2D eigenvalue weighted by Crippen LogP contribution is -2.43. The van der Waals surface area contributed by atoms with Crippen molar-refractivity contribution in [2.24, 2.45) is 0 Å². The number of halogens is 3. The van der Waals surface area contributed by atoms with Gasteiger partial charge >= 0.3 is 12.1 Å². The molecule has 1 aromatic carbocycles. The second-order valence-electron chi connectivity index (χ2n) is 5.22. The summed E-state index contributed by atoms with van der Waals surface area (Å²) in [5.41, 5.74) is 0.886. The van der Waals surface area contributed by atoms with Crippen LogP contribution in [0.3, 0.4) is 0 Å². The largest absolute Gasteiger partial charge is 0.479 e.